The molecule has 0 amide bonds. The van der Waals surface area contributed by atoms with Crippen molar-refractivity contribution in [3.05, 3.63) is 117 Å². The fraction of sp³-hybridized carbons (Fsp3) is 0.475. The first-order chi connectivity index (χ1) is 22.9. The van der Waals surface area contributed by atoms with Crippen LogP contribution in [-0.4, -0.2) is 42.7 Å². The van der Waals surface area contributed by atoms with Gasteiger partial charge in [0.05, 0.1) is 12.1 Å². The van der Waals surface area contributed by atoms with Crippen LogP contribution in [0.4, 0.5) is 0 Å². The zero-order valence-corrected chi connectivity index (χ0v) is 27.9. The van der Waals surface area contributed by atoms with Crippen LogP contribution in [0.1, 0.15) is 139 Å². The number of rotatable bonds is 13. The van der Waals surface area contributed by atoms with Crippen molar-refractivity contribution in [3.63, 3.8) is 0 Å². The summed E-state index contributed by atoms with van der Waals surface area (Å²) in [4.78, 5) is 31.9. The Hall–Kier alpha value is -3.97. The molecule has 2 saturated carbocycles. The number of hydrogen-bond acceptors (Lipinski definition) is 6. The van der Waals surface area contributed by atoms with Crippen LogP contribution in [0.15, 0.2) is 54.6 Å². The van der Waals surface area contributed by atoms with E-state index in [1.807, 2.05) is 24.3 Å². The number of nitrogens with zero attached hydrogens (tertiary/aromatic N) is 4. The molecule has 6 rings (SSSR count). The molecule has 0 bridgehead atoms. The molecule has 2 heterocycles. The molecule has 2 N–H and O–H groups in total. The van der Waals surface area contributed by atoms with E-state index in [0.29, 0.717) is 24.7 Å². The van der Waals surface area contributed by atoms with Crippen LogP contribution in [0.5, 0.6) is 0 Å². The molecule has 2 aromatic heterocycles. The molecule has 2 aliphatic rings. The minimum atomic E-state index is -0.817. The topological polar surface area (TPSA) is 109 Å². The lowest BCUT2D eigenvalue weighted by atomic mass is 9.89. The van der Waals surface area contributed by atoms with Crippen LogP contribution < -0.4 is 0 Å². The molecule has 2 atom stereocenters. The maximum Gasteiger partial charge on any atom is 0.307 e. The molecule has 4 aromatic rings. The summed E-state index contributed by atoms with van der Waals surface area (Å²) in [6, 6.07) is 18.6. The number of aromatic nitrogens is 4. The van der Waals surface area contributed by atoms with Crippen LogP contribution in [-0.2, 0) is 43.3 Å². The average Bonchev–Trinajstić information content (AvgIpc) is 3.80. The number of carboxylic acids is 1. The van der Waals surface area contributed by atoms with Crippen molar-refractivity contribution in [2.24, 2.45) is 0 Å². The fourth-order valence-electron chi connectivity index (χ4n) is 7.64. The van der Waals surface area contributed by atoms with Gasteiger partial charge in [-0.25, -0.2) is 19.9 Å². The number of aliphatic hydroxyl groups is 1. The zero-order valence-electron chi connectivity index (χ0n) is 27.9. The molecule has 7 nitrogen and oxygen atoms in total. The van der Waals surface area contributed by atoms with Gasteiger partial charge in [-0.3, -0.25) is 4.79 Å². The van der Waals surface area contributed by atoms with Gasteiger partial charge in [0, 0.05) is 48.4 Å². The zero-order chi connectivity index (χ0) is 32.8. The third kappa shape index (κ3) is 8.13. The summed E-state index contributed by atoms with van der Waals surface area (Å²) in [5, 5.41) is 18.5. The van der Waals surface area contributed by atoms with Gasteiger partial charge in [-0.05, 0) is 91.2 Å². The normalized spacial score (nSPS) is 18.2. The molecule has 7 heteroatoms. The van der Waals surface area contributed by atoms with Crippen LogP contribution in [0.3, 0.4) is 0 Å². The summed E-state index contributed by atoms with van der Waals surface area (Å²) >= 11 is 0. The van der Waals surface area contributed by atoms with E-state index in [1.54, 1.807) is 0 Å². The predicted octanol–water partition coefficient (Wildman–Crippen LogP) is 7.44. The van der Waals surface area contributed by atoms with Crippen LogP contribution in [0.25, 0.3) is 0 Å². The summed E-state index contributed by atoms with van der Waals surface area (Å²) in [5.74, 6) is 2.30. The van der Waals surface area contributed by atoms with E-state index >= 15 is 0 Å². The second-order valence-electron chi connectivity index (χ2n) is 13.5. The van der Waals surface area contributed by atoms with Crippen molar-refractivity contribution in [2.45, 2.75) is 115 Å². The van der Waals surface area contributed by atoms with Crippen LogP contribution in [0.2, 0.25) is 0 Å². The molecule has 246 valence electrons. The highest BCUT2D eigenvalue weighted by molar-refractivity contribution is 5.70. The molecular formula is C40H48N4O3. The summed E-state index contributed by atoms with van der Waals surface area (Å²) < 4.78 is 0. The lowest BCUT2D eigenvalue weighted by Gasteiger charge is -2.22. The smallest absolute Gasteiger partial charge is 0.307 e. The van der Waals surface area contributed by atoms with E-state index in [1.165, 1.54) is 48.2 Å². The number of carboxylic acid groups (broad SMARTS) is 1. The van der Waals surface area contributed by atoms with E-state index in [-0.39, 0.29) is 18.9 Å². The average molecular weight is 633 g/mol. The Kier molecular flexibility index (Phi) is 10.7. The number of hydrogen-bond donors (Lipinski definition) is 2. The Bertz CT molecular complexity index is 1660. The summed E-state index contributed by atoms with van der Waals surface area (Å²) in [5.41, 5.74) is 10.2. The molecule has 2 fully saturated rings. The minimum absolute atomic E-state index is 0.0352. The van der Waals surface area contributed by atoms with Gasteiger partial charge in [0.2, 0.25) is 0 Å². The maximum atomic E-state index is 11.1. The molecule has 0 spiro atoms. The second-order valence-corrected chi connectivity index (χ2v) is 13.5. The lowest BCUT2D eigenvalue weighted by Crippen LogP contribution is -2.15. The monoisotopic (exact) mass is 632 g/mol. The summed E-state index contributed by atoms with van der Waals surface area (Å²) in [6.45, 7) is 4.54. The van der Waals surface area contributed by atoms with Crippen molar-refractivity contribution in [1.82, 2.24) is 19.9 Å². The van der Waals surface area contributed by atoms with Gasteiger partial charge in [-0.1, -0.05) is 75.2 Å². The Morgan fingerprint density at radius 2 is 1.28 bits per heavy atom. The van der Waals surface area contributed by atoms with Gasteiger partial charge in [0.25, 0.3) is 0 Å². The number of carbonyl (C=O) groups is 1. The van der Waals surface area contributed by atoms with Gasteiger partial charge in [0.1, 0.15) is 11.6 Å². The van der Waals surface area contributed by atoms with Crippen molar-refractivity contribution in [2.75, 3.05) is 6.61 Å². The Morgan fingerprint density at radius 3 is 1.94 bits per heavy atom. The first-order valence-corrected chi connectivity index (χ1v) is 17.7. The lowest BCUT2D eigenvalue weighted by molar-refractivity contribution is -0.136. The van der Waals surface area contributed by atoms with Gasteiger partial charge in [-0.15, -0.1) is 0 Å². The van der Waals surface area contributed by atoms with Gasteiger partial charge in [-0.2, -0.15) is 0 Å². The predicted molar refractivity (Wildman–Crippen MR) is 184 cm³/mol. The van der Waals surface area contributed by atoms with Crippen LogP contribution in [0, 0.1) is 0 Å². The van der Waals surface area contributed by atoms with E-state index in [4.69, 9.17) is 25.0 Å². The van der Waals surface area contributed by atoms with E-state index < -0.39 is 5.97 Å². The molecule has 0 radical (unpaired) electrons. The van der Waals surface area contributed by atoms with E-state index in [2.05, 4.69) is 44.2 Å². The molecular weight excluding hydrogens is 584 g/mol. The fourth-order valence-corrected chi connectivity index (χ4v) is 7.64. The second kappa shape index (κ2) is 15.3. The molecule has 2 aliphatic carbocycles. The molecule has 2 unspecified atom stereocenters. The molecule has 0 saturated heterocycles. The molecule has 2 aromatic carbocycles. The van der Waals surface area contributed by atoms with Crippen molar-refractivity contribution in [3.8, 4) is 0 Å². The third-order valence-corrected chi connectivity index (χ3v) is 10.2. The number of benzene rings is 2. The highest BCUT2D eigenvalue weighted by Crippen LogP contribution is 2.45. The first-order valence-electron chi connectivity index (χ1n) is 17.7. The third-order valence-electron chi connectivity index (χ3n) is 10.2. The number of aryl methyl sites for hydroxylation is 2. The van der Waals surface area contributed by atoms with E-state index in [0.717, 1.165) is 78.3 Å². The number of aliphatic carboxylic acids is 1. The standard InChI is InChI=1S/C40H48N4O3/c1-3-33-25-34(21-27-13-15-29(16-14-27)23-37(46)47)42-40(41-33)32-18-17-31(24-32)38-35(4-2)43-39(30-7-5-6-8-30)44-36(38)22-28-11-9-26(10-12-28)19-20-45/h9-16,25,30-32,45H,3-8,17-24H2,1-2H3,(H,46,47). The Balaban J connectivity index is 1.27. The minimum Gasteiger partial charge on any atom is -0.481 e. The maximum absolute atomic E-state index is 11.1. The number of aliphatic hydroxyl groups excluding tert-OH is 1. The van der Waals surface area contributed by atoms with Crippen molar-refractivity contribution < 1.29 is 15.0 Å². The molecule has 47 heavy (non-hydrogen) atoms. The summed E-state index contributed by atoms with van der Waals surface area (Å²) in [7, 11) is 0. The molecule has 0 aliphatic heterocycles. The highest BCUT2D eigenvalue weighted by Gasteiger charge is 2.34. The van der Waals surface area contributed by atoms with Crippen LogP contribution >= 0.6 is 0 Å². The van der Waals surface area contributed by atoms with Gasteiger partial charge >= 0.3 is 5.97 Å². The van der Waals surface area contributed by atoms with Crippen molar-refractivity contribution >= 4 is 5.97 Å². The van der Waals surface area contributed by atoms with E-state index in [9.17, 15) is 9.90 Å². The highest BCUT2D eigenvalue weighted by atomic mass is 16.4. The van der Waals surface area contributed by atoms with Crippen molar-refractivity contribution in [1.29, 1.82) is 0 Å². The first kappa shape index (κ1) is 33.0. The summed E-state index contributed by atoms with van der Waals surface area (Å²) in [6.07, 6.45) is 12.0. The largest absolute Gasteiger partial charge is 0.481 e. The van der Waals surface area contributed by atoms with Gasteiger partial charge in [0.15, 0.2) is 0 Å². The quantitative estimate of drug-likeness (QED) is 0.158. The Morgan fingerprint density at radius 1 is 0.681 bits per heavy atom. The SMILES string of the molecule is CCc1cc(Cc2ccc(CC(=O)O)cc2)nc(C2CCC(c3c(CC)nc(C4CCCC4)nc3Cc3ccc(CCO)cc3)C2)n1. The van der Waals surface area contributed by atoms with Gasteiger partial charge < -0.3 is 10.2 Å². The Labute approximate surface area is 279 Å².